The quantitative estimate of drug-likeness (QED) is 0.685. The number of hydrogen-bond donors (Lipinski definition) is 2. The lowest BCUT2D eigenvalue weighted by atomic mass is 10.1. The fourth-order valence-corrected chi connectivity index (χ4v) is 2.07. The molecular weight excluding hydrogens is 230 g/mol. The van der Waals surface area contributed by atoms with Crippen LogP contribution >= 0.6 is 0 Å². The molecule has 2 N–H and O–H groups in total. The zero-order valence-corrected chi connectivity index (χ0v) is 11.9. The Labute approximate surface area is 110 Å². The summed E-state index contributed by atoms with van der Waals surface area (Å²) in [4.78, 5) is 13.7. The van der Waals surface area contributed by atoms with E-state index in [0.29, 0.717) is 18.6 Å². The molecule has 0 aromatic rings. The highest BCUT2D eigenvalue weighted by molar-refractivity contribution is 5.77. The van der Waals surface area contributed by atoms with Gasteiger partial charge in [0.2, 0.25) is 5.91 Å². The minimum Gasteiger partial charge on any atom is -0.379 e. The third kappa shape index (κ3) is 5.80. The summed E-state index contributed by atoms with van der Waals surface area (Å²) in [7, 11) is 2.00. The maximum Gasteiger partial charge on any atom is 0.234 e. The molecule has 1 aliphatic heterocycles. The smallest absolute Gasteiger partial charge is 0.234 e. The van der Waals surface area contributed by atoms with Crippen molar-refractivity contribution < 1.29 is 9.53 Å². The van der Waals surface area contributed by atoms with E-state index in [9.17, 15) is 4.79 Å². The minimum atomic E-state index is 0.110. The molecule has 1 rings (SSSR count). The molecule has 0 radical (unpaired) electrons. The predicted molar refractivity (Wildman–Crippen MR) is 72.6 cm³/mol. The molecule has 106 valence electrons. The van der Waals surface area contributed by atoms with Gasteiger partial charge >= 0.3 is 0 Å². The van der Waals surface area contributed by atoms with Crippen molar-refractivity contribution >= 4 is 5.91 Å². The molecule has 0 bridgehead atoms. The van der Waals surface area contributed by atoms with Crippen molar-refractivity contribution in [2.24, 2.45) is 0 Å². The Kier molecular flexibility index (Phi) is 7.23. The molecule has 2 atom stereocenters. The summed E-state index contributed by atoms with van der Waals surface area (Å²) in [6.45, 7) is 7.96. The average Bonchev–Trinajstić information content (AvgIpc) is 2.37. The van der Waals surface area contributed by atoms with Crippen LogP contribution in [0.1, 0.15) is 26.7 Å². The highest BCUT2D eigenvalue weighted by atomic mass is 16.5. The van der Waals surface area contributed by atoms with E-state index >= 15 is 0 Å². The molecular formula is C13H27N3O2. The van der Waals surface area contributed by atoms with Gasteiger partial charge in [-0.3, -0.25) is 9.69 Å². The highest BCUT2D eigenvalue weighted by Gasteiger charge is 2.19. The molecule has 0 aromatic heterocycles. The van der Waals surface area contributed by atoms with Crippen LogP contribution in [0, 0.1) is 0 Å². The van der Waals surface area contributed by atoms with E-state index in [0.717, 1.165) is 39.1 Å². The molecule has 18 heavy (non-hydrogen) atoms. The van der Waals surface area contributed by atoms with Gasteiger partial charge in [0.05, 0.1) is 19.8 Å². The van der Waals surface area contributed by atoms with E-state index < -0.39 is 0 Å². The summed E-state index contributed by atoms with van der Waals surface area (Å²) in [5, 5.41) is 6.34. The van der Waals surface area contributed by atoms with Crippen molar-refractivity contribution in [3.8, 4) is 0 Å². The number of nitrogens with zero attached hydrogens (tertiary/aromatic N) is 1. The number of carbonyl (C=O) groups excluding carboxylic acids is 1. The molecule has 2 unspecified atom stereocenters. The van der Waals surface area contributed by atoms with Crippen molar-refractivity contribution in [1.82, 2.24) is 15.5 Å². The predicted octanol–water partition coefficient (Wildman–Crippen LogP) is 0.211. The van der Waals surface area contributed by atoms with Crippen LogP contribution in [0.3, 0.4) is 0 Å². The Hall–Kier alpha value is -0.650. The van der Waals surface area contributed by atoms with Gasteiger partial charge in [0.1, 0.15) is 0 Å². The second-order valence-corrected chi connectivity index (χ2v) is 5.08. The largest absolute Gasteiger partial charge is 0.379 e. The fraction of sp³-hybridized carbons (Fsp3) is 0.923. The van der Waals surface area contributed by atoms with Crippen LogP contribution in [0.15, 0.2) is 0 Å². The van der Waals surface area contributed by atoms with E-state index in [-0.39, 0.29) is 5.91 Å². The first-order valence-electron chi connectivity index (χ1n) is 6.91. The molecule has 1 amide bonds. The van der Waals surface area contributed by atoms with Gasteiger partial charge in [0.15, 0.2) is 0 Å². The molecule has 0 aromatic carbocycles. The zero-order valence-electron chi connectivity index (χ0n) is 11.9. The van der Waals surface area contributed by atoms with Crippen LogP contribution in [-0.4, -0.2) is 62.8 Å². The molecule has 0 spiro atoms. The number of rotatable bonds is 7. The van der Waals surface area contributed by atoms with E-state index in [2.05, 4.69) is 29.4 Å². The number of amides is 1. The van der Waals surface area contributed by atoms with Gasteiger partial charge in [-0.05, 0) is 26.8 Å². The molecule has 5 heteroatoms. The van der Waals surface area contributed by atoms with Gasteiger partial charge in [-0.1, -0.05) is 6.92 Å². The molecule has 1 saturated heterocycles. The Balaban J connectivity index is 2.22. The van der Waals surface area contributed by atoms with Crippen molar-refractivity contribution in [3.63, 3.8) is 0 Å². The fourth-order valence-electron chi connectivity index (χ4n) is 2.07. The van der Waals surface area contributed by atoms with Crippen LogP contribution in [0.25, 0.3) is 0 Å². The van der Waals surface area contributed by atoms with E-state index in [1.54, 1.807) is 0 Å². The van der Waals surface area contributed by atoms with Gasteiger partial charge in [-0.2, -0.15) is 0 Å². The number of morpholine rings is 1. The second-order valence-electron chi connectivity index (χ2n) is 5.08. The first-order valence-corrected chi connectivity index (χ1v) is 6.91. The molecule has 0 saturated carbocycles. The Morgan fingerprint density at radius 2 is 2.39 bits per heavy atom. The van der Waals surface area contributed by atoms with Gasteiger partial charge in [-0.25, -0.2) is 0 Å². The van der Waals surface area contributed by atoms with Crippen molar-refractivity contribution in [1.29, 1.82) is 0 Å². The molecule has 1 heterocycles. The average molecular weight is 257 g/mol. The van der Waals surface area contributed by atoms with E-state index in [1.807, 2.05) is 7.05 Å². The van der Waals surface area contributed by atoms with Gasteiger partial charge < -0.3 is 15.4 Å². The molecule has 1 aliphatic rings. The van der Waals surface area contributed by atoms with Crippen LogP contribution in [-0.2, 0) is 9.53 Å². The Morgan fingerprint density at radius 3 is 3.00 bits per heavy atom. The summed E-state index contributed by atoms with van der Waals surface area (Å²) in [6, 6.07) is 0.784. The lowest BCUT2D eigenvalue weighted by molar-refractivity contribution is -0.122. The van der Waals surface area contributed by atoms with Crippen LogP contribution in [0.4, 0.5) is 0 Å². The van der Waals surface area contributed by atoms with Crippen LogP contribution < -0.4 is 10.6 Å². The minimum absolute atomic E-state index is 0.110. The maximum absolute atomic E-state index is 11.6. The lowest BCUT2D eigenvalue weighted by Gasteiger charge is -2.30. The van der Waals surface area contributed by atoms with Crippen molar-refractivity contribution in [2.45, 2.75) is 38.8 Å². The van der Waals surface area contributed by atoms with Gasteiger partial charge in [0.25, 0.3) is 0 Å². The number of carbonyl (C=O) groups is 1. The maximum atomic E-state index is 11.6. The zero-order chi connectivity index (χ0) is 13.4. The van der Waals surface area contributed by atoms with Crippen LogP contribution in [0.2, 0.25) is 0 Å². The topological polar surface area (TPSA) is 53.6 Å². The third-order valence-electron chi connectivity index (χ3n) is 3.34. The standard InChI is InChI=1S/C13H27N3O2/c1-4-5-15-13(17)9-16(3)11(2)8-12-10-18-7-6-14-12/h11-12,14H,4-10H2,1-3H3,(H,15,17). The third-order valence-corrected chi connectivity index (χ3v) is 3.34. The molecule has 0 aliphatic carbocycles. The van der Waals surface area contributed by atoms with E-state index in [4.69, 9.17) is 4.74 Å². The van der Waals surface area contributed by atoms with Gasteiger partial charge in [0, 0.05) is 25.2 Å². The molecule has 5 nitrogen and oxygen atoms in total. The number of ether oxygens (including phenoxy) is 1. The Bertz CT molecular complexity index is 242. The first-order chi connectivity index (χ1) is 8.63. The molecule has 1 fully saturated rings. The summed E-state index contributed by atoms with van der Waals surface area (Å²) in [5.41, 5.74) is 0. The second kappa shape index (κ2) is 8.45. The summed E-state index contributed by atoms with van der Waals surface area (Å²) in [6.07, 6.45) is 1.99. The highest BCUT2D eigenvalue weighted by Crippen LogP contribution is 2.07. The van der Waals surface area contributed by atoms with Crippen LogP contribution in [0.5, 0.6) is 0 Å². The van der Waals surface area contributed by atoms with Crippen molar-refractivity contribution in [3.05, 3.63) is 0 Å². The van der Waals surface area contributed by atoms with E-state index in [1.165, 1.54) is 0 Å². The Morgan fingerprint density at radius 1 is 1.61 bits per heavy atom. The number of nitrogens with one attached hydrogen (secondary N) is 2. The first kappa shape index (κ1) is 15.4. The normalized spacial score (nSPS) is 21.9. The summed E-state index contributed by atoms with van der Waals surface area (Å²) < 4.78 is 5.44. The van der Waals surface area contributed by atoms with Crippen molar-refractivity contribution in [2.75, 3.05) is 39.9 Å². The summed E-state index contributed by atoms with van der Waals surface area (Å²) >= 11 is 0. The number of likely N-dealkylation sites (N-methyl/N-ethyl adjacent to an activating group) is 1. The van der Waals surface area contributed by atoms with Gasteiger partial charge in [-0.15, -0.1) is 0 Å². The SMILES string of the molecule is CCCNC(=O)CN(C)C(C)CC1COCCN1. The number of hydrogen-bond acceptors (Lipinski definition) is 4. The summed E-state index contributed by atoms with van der Waals surface area (Å²) in [5.74, 6) is 0.110. The monoisotopic (exact) mass is 257 g/mol. The lowest BCUT2D eigenvalue weighted by Crippen LogP contribution is -2.47.